The van der Waals surface area contributed by atoms with Gasteiger partial charge in [0.1, 0.15) is 0 Å². The maximum atomic E-state index is 13.9. The summed E-state index contributed by atoms with van der Waals surface area (Å²) in [6.07, 6.45) is 6.84. The van der Waals surface area contributed by atoms with E-state index in [9.17, 15) is 24.3 Å². The van der Waals surface area contributed by atoms with E-state index in [0.29, 0.717) is 25.7 Å². The van der Waals surface area contributed by atoms with E-state index in [-0.39, 0.29) is 42.8 Å². The van der Waals surface area contributed by atoms with Crippen molar-refractivity contribution in [2.45, 2.75) is 96.1 Å². The van der Waals surface area contributed by atoms with Gasteiger partial charge in [0.05, 0.1) is 11.0 Å². The molecule has 0 aromatic rings. The van der Waals surface area contributed by atoms with E-state index in [2.05, 4.69) is 0 Å². The SMILES string of the molecule is CCCC(=O)O[C@@]1(C(=O)COC(=O)CC)[C@H](C)C[C@H]2[C@@H]3CCC4=CC(=O)C=C[C@]4(C)[C@@]3(Cl)[C@@H](O)C[C@@]21C. The molecule has 7 nitrogen and oxygen atoms in total. The van der Waals surface area contributed by atoms with Gasteiger partial charge in [-0.05, 0) is 56.1 Å². The second kappa shape index (κ2) is 9.64. The fourth-order valence-corrected chi connectivity index (χ4v) is 8.71. The van der Waals surface area contributed by atoms with Gasteiger partial charge in [-0.25, -0.2) is 0 Å². The topological polar surface area (TPSA) is 107 Å². The monoisotopic (exact) mass is 534 g/mol. The molecule has 204 valence electrons. The van der Waals surface area contributed by atoms with E-state index in [1.165, 1.54) is 6.08 Å². The molecule has 8 heteroatoms. The number of ketones is 2. The van der Waals surface area contributed by atoms with Crippen LogP contribution >= 0.6 is 11.6 Å². The lowest BCUT2D eigenvalue weighted by atomic mass is 9.45. The first-order valence-corrected chi connectivity index (χ1v) is 13.9. The average molecular weight is 535 g/mol. The second-order valence-electron chi connectivity index (χ2n) is 11.8. The molecule has 0 bridgehead atoms. The van der Waals surface area contributed by atoms with E-state index in [1.54, 1.807) is 13.0 Å². The van der Waals surface area contributed by atoms with Crippen LogP contribution < -0.4 is 0 Å². The minimum Gasteiger partial charge on any atom is -0.457 e. The van der Waals surface area contributed by atoms with Crippen LogP contribution in [0.1, 0.15) is 79.6 Å². The van der Waals surface area contributed by atoms with Crippen molar-refractivity contribution in [3.63, 3.8) is 0 Å². The van der Waals surface area contributed by atoms with E-state index >= 15 is 0 Å². The molecule has 3 saturated carbocycles. The van der Waals surface area contributed by atoms with Gasteiger partial charge in [0.2, 0.25) is 5.78 Å². The molecule has 3 fully saturated rings. The summed E-state index contributed by atoms with van der Waals surface area (Å²) in [5, 5.41) is 11.8. The highest BCUT2D eigenvalue weighted by molar-refractivity contribution is 6.26. The Bertz CT molecular complexity index is 1060. The number of carbonyl (C=O) groups excluding carboxylic acids is 4. The lowest BCUT2D eigenvalue weighted by molar-refractivity contribution is -0.203. The molecular formula is C29H39ClO7. The van der Waals surface area contributed by atoms with Crippen LogP contribution in [0.25, 0.3) is 0 Å². The molecular weight excluding hydrogens is 496 g/mol. The number of ether oxygens (including phenoxy) is 2. The highest BCUT2D eigenvalue weighted by atomic mass is 35.5. The Morgan fingerprint density at radius 3 is 2.51 bits per heavy atom. The molecule has 0 aromatic heterocycles. The predicted octanol–water partition coefficient (Wildman–Crippen LogP) is 4.48. The van der Waals surface area contributed by atoms with Crippen molar-refractivity contribution >= 4 is 35.1 Å². The lowest BCUT2D eigenvalue weighted by Crippen LogP contribution is -2.69. The standard InChI is InChI=1S/C29H39ClO7/c1-6-8-25(35)37-29(23(33)16-36-24(34)7-2)17(3)13-21-20-10-9-18-14-19(31)11-12-26(18,4)28(20,30)22(32)15-27(21,29)5/h11-12,14,17,20-22,32H,6-10,13,15-16H2,1-5H3/t17-,20+,21+,22+,26+,27+,28+,29-/m1/s1. The van der Waals surface area contributed by atoms with Crippen molar-refractivity contribution in [2.75, 3.05) is 6.61 Å². The van der Waals surface area contributed by atoms with Crippen LogP contribution in [0.15, 0.2) is 23.8 Å². The van der Waals surface area contributed by atoms with E-state index in [0.717, 1.165) is 5.57 Å². The van der Waals surface area contributed by atoms with Crippen LogP contribution in [0.4, 0.5) is 0 Å². The molecule has 37 heavy (non-hydrogen) atoms. The highest BCUT2D eigenvalue weighted by Crippen LogP contribution is 2.72. The van der Waals surface area contributed by atoms with E-state index in [4.69, 9.17) is 21.1 Å². The summed E-state index contributed by atoms with van der Waals surface area (Å²) >= 11 is 7.50. The van der Waals surface area contributed by atoms with E-state index in [1.807, 2.05) is 33.8 Å². The van der Waals surface area contributed by atoms with Gasteiger partial charge < -0.3 is 14.6 Å². The Morgan fingerprint density at radius 2 is 1.86 bits per heavy atom. The molecule has 0 spiro atoms. The summed E-state index contributed by atoms with van der Waals surface area (Å²) in [6.45, 7) is 8.84. The van der Waals surface area contributed by atoms with Gasteiger partial charge in [0.15, 0.2) is 18.0 Å². The van der Waals surface area contributed by atoms with Gasteiger partial charge in [-0.2, -0.15) is 0 Å². The molecule has 4 aliphatic rings. The second-order valence-corrected chi connectivity index (χ2v) is 12.4. The Balaban J connectivity index is 1.80. The Morgan fingerprint density at radius 1 is 1.16 bits per heavy atom. The molecule has 4 rings (SSSR count). The van der Waals surface area contributed by atoms with Crippen molar-refractivity contribution in [1.82, 2.24) is 0 Å². The minimum atomic E-state index is -1.55. The molecule has 1 N–H and O–H groups in total. The number of allylic oxidation sites excluding steroid dienone is 4. The summed E-state index contributed by atoms with van der Waals surface area (Å²) < 4.78 is 11.4. The zero-order valence-corrected chi connectivity index (χ0v) is 23.2. The summed E-state index contributed by atoms with van der Waals surface area (Å²) in [6, 6.07) is 0. The Hall–Kier alpha value is -1.99. The molecule has 0 saturated heterocycles. The summed E-state index contributed by atoms with van der Waals surface area (Å²) in [7, 11) is 0. The lowest BCUT2D eigenvalue weighted by Gasteiger charge is -2.64. The van der Waals surface area contributed by atoms with Crippen LogP contribution in [-0.2, 0) is 28.7 Å². The van der Waals surface area contributed by atoms with Gasteiger partial charge in [0.25, 0.3) is 0 Å². The van der Waals surface area contributed by atoms with Crippen LogP contribution in [0.3, 0.4) is 0 Å². The smallest absolute Gasteiger partial charge is 0.306 e. The van der Waals surface area contributed by atoms with E-state index < -0.39 is 51.7 Å². The first-order valence-electron chi connectivity index (χ1n) is 13.5. The largest absolute Gasteiger partial charge is 0.457 e. The number of fused-ring (bicyclic) bond motifs is 5. The maximum absolute atomic E-state index is 13.9. The number of Topliss-reactive ketones (excluding diaryl/α,β-unsaturated/α-hetero) is 1. The molecule has 4 aliphatic carbocycles. The van der Waals surface area contributed by atoms with Crippen LogP contribution in [0, 0.1) is 28.6 Å². The molecule has 0 heterocycles. The van der Waals surface area contributed by atoms with Gasteiger partial charge in [0, 0.05) is 29.6 Å². The number of hydrogen-bond donors (Lipinski definition) is 1. The number of hydrogen-bond acceptors (Lipinski definition) is 7. The molecule has 0 amide bonds. The number of esters is 2. The summed E-state index contributed by atoms with van der Waals surface area (Å²) in [5.41, 5.74) is -2.27. The highest BCUT2D eigenvalue weighted by Gasteiger charge is 2.76. The van der Waals surface area contributed by atoms with Crippen molar-refractivity contribution in [1.29, 1.82) is 0 Å². The fourth-order valence-electron chi connectivity index (χ4n) is 8.19. The third-order valence-electron chi connectivity index (χ3n) is 9.98. The number of aliphatic hydroxyl groups is 1. The minimum absolute atomic E-state index is 0.0788. The van der Waals surface area contributed by atoms with Crippen LogP contribution in [0.5, 0.6) is 0 Å². The summed E-state index contributed by atoms with van der Waals surface area (Å²) in [4.78, 5) is 49.8. The fraction of sp³-hybridized carbons (Fsp3) is 0.724. The Labute approximate surface area is 224 Å². The van der Waals surface area contributed by atoms with Crippen LogP contribution in [0.2, 0.25) is 0 Å². The third-order valence-corrected chi connectivity index (χ3v) is 10.9. The van der Waals surface area contributed by atoms with Gasteiger partial charge in [-0.3, -0.25) is 19.2 Å². The summed E-state index contributed by atoms with van der Waals surface area (Å²) in [5.74, 6) is -2.19. The zero-order valence-electron chi connectivity index (χ0n) is 22.5. The normalized spacial score (nSPS) is 42.2. The molecule has 0 unspecified atom stereocenters. The molecule has 0 radical (unpaired) electrons. The molecule has 0 aliphatic heterocycles. The molecule has 8 atom stereocenters. The number of carbonyl (C=O) groups is 4. The van der Waals surface area contributed by atoms with Crippen molar-refractivity contribution in [3.8, 4) is 0 Å². The van der Waals surface area contributed by atoms with Crippen molar-refractivity contribution in [2.24, 2.45) is 28.6 Å². The number of halogens is 1. The van der Waals surface area contributed by atoms with Crippen molar-refractivity contribution in [3.05, 3.63) is 23.8 Å². The van der Waals surface area contributed by atoms with Crippen molar-refractivity contribution < 1.29 is 33.8 Å². The number of rotatable bonds is 7. The van der Waals surface area contributed by atoms with Gasteiger partial charge in [-0.15, -0.1) is 11.6 Å². The average Bonchev–Trinajstić information content (AvgIpc) is 3.05. The number of aliphatic hydroxyl groups excluding tert-OH is 1. The number of alkyl halides is 1. The Kier molecular flexibility index (Phi) is 7.30. The predicted molar refractivity (Wildman–Crippen MR) is 138 cm³/mol. The first-order chi connectivity index (χ1) is 17.3. The molecule has 0 aromatic carbocycles. The quantitative estimate of drug-likeness (QED) is 0.379. The maximum Gasteiger partial charge on any atom is 0.306 e. The third kappa shape index (κ3) is 3.86. The van der Waals surface area contributed by atoms with Gasteiger partial charge >= 0.3 is 11.9 Å². The van der Waals surface area contributed by atoms with Crippen LogP contribution in [-0.4, -0.2) is 51.8 Å². The zero-order chi connectivity index (χ0) is 27.4. The van der Waals surface area contributed by atoms with Gasteiger partial charge in [-0.1, -0.05) is 46.3 Å². The first kappa shape index (κ1) is 28.0.